The van der Waals surface area contributed by atoms with Crippen molar-refractivity contribution in [3.05, 3.63) is 29.3 Å². The number of aryl methyl sites for hydroxylation is 1. The minimum atomic E-state index is 0.112. The molecule has 0 aliphatic rings. The Labute approximate surface area is 95.5 Å². The number of aliphatic hydroxyl groups is 1. The third-order valence-electron chi connectivity index (χ3n) is 2.26. The van der Waals surface area contributed by atoms with Gasteiger partial charge in [0.15, 0.2) is 0 Å². The quantitative estimate of drug-likeness (QED) is 0.751. The first kappa shape index (κ1) is 11.9. The number of likely N-dealkylation sites (N-methyl/N-ethyl adjacent to an activating group) is 1. The van der Waals surface area contributed by atoms with Crippen LogP contribution >= 0.6 is 12.2 Å². The highest BCUT2D eigenvalue weighted by Crippen LogP contribution is 2.20. The fourth-order valence-corrected chi connectivity index (χ4v) is 1.61. The van der Waals surface area contributed by atoms with E-state index in [9.17, 15) is 0 Å². The molecule has 0 heterocycles. The van der Waals surface area contributed by atoms with Gasteiger partial charge in [0, 0.05) is 24.8 Å². The summed E-state index contributed by atoms with van der Waals surface area (Å²) in [5, 5.41) is 8.88. The van der Waals surface area contributed by atoms with Gasteiger partial charge in [0.05, 0.1) is 6.61 Å². The predicted octanol–water partition coefficient (Wildman–Crippen LogP) is 1.06. The van der Waals surface area contributed by atoms with Gasteiger partial charge in [-0.25, -0.2) is 0 Å². The zero-order valence-corrected chi connectivity index (χ0v) is 9.84. The van der Waals surface area contributed by atoms with E-state index in [0.29, 0.717) is 11.5 Å². The average molecular weight is 224 g/mol. The fourth-order valence-electron chi connectivity index (χ4n) is 1.45. The maximum atomic E-state index is 8.88. The van der Waals surface area contributed by atoms with Gasteiger partial charge in [0.25, 0.3) is 0 Å². The Hall–Kier alpha value is -1.13. The van der Waals surface area contributed by atoms with E-state index in [2.05, 4.69) is 0 Å². The van der Waals surface area contributed by atoms with Crippen LogP contribution in [0.4, 0.5) is 5.69 Å². The first-order chi connectivity index (χ1) is 7.06. The maximum Gasteiger partial charge on any atom is 0.106 e. The highest BCUT2D eigenvalue weighted by Gasteiger charge is 2.09. The van der Waals surface area contributed by atoms with Crippen molar-refractivity contribution in [1.82, 2.24) is 0 Å². The van der Waals surface area contributed by atoms with Gasteiger partial charge in [-0.05, 0) is 19.1 Å². The van der Waals surface area contributed by atoms with Gasteiger partial charge in [-0.2, -0.15) is 0 Å². The molecular weight excluding hydrogens is 208 g/mol. The molecule has 0 aromatic heterocycles. The number of hydrogen-bond acceptors (Lipinski definition) is 3. The summed E-state index contributed by atoms with van der Waals surface area (Å²) in [5.74, 6) is 0. The molecule has 4 heteroatoms. The van der Waals surface area contributed by atoms with Crippen LogP contribution in [0, 0.1) is 6.92 Å². The number of benzene rings is 1. The molecule has 0 aliphatic carbocycles. The molecule has 1 rings (SSSR count). The van der Waals surface area contributed by atoms with Gasteiger partial charge in [0.1, 0.15) is 4.99 Å². The van der Waals surface area contributed by atoms with Crippen LogP contribution in [0.1, 0.15) is 11.1 Å². The molecule has 3 nitrogen and oxygen atoms in total. The Morgan fingerprint density at radius 2 is 2.20 bits per heavy atom. The van der Waals surface area contributed by atoms with Crippen molar-refractivity contribution < 1.29 is 5.11 Å². The Morgan fingerprint density at radius 3 is 2.73 bits per heavy atom. The van der Waals surface area contributed by atoms with Crippen LogP contribution in [0.25, 0.3) is 0 Å². The topological polar surface area (TPSA) is 49.5 Å². The van der Waals surface area contributed by atoms with Gasteiger partial charge in [-0.15, -0.1) is 0 Å². The monoisotopic (exact) mass is 224 g/mol. The third kappa shape index (κ3) is 2.91. The lowest BCUT2D eigenvalue weighted by Gasteiger charge is -2.21. The number of aliphatic hydroxyl groups excluding tert-OH is 1. The summed E-state index contributed by atoms with van der Waals surface area (Å²) in [4.78, 5) is 2.33. The van der Waals surface area contributed by atoms with Gasteiger partial charge in [-0.3, -0.25) is 0 Å². The molecule has 0 amide bonds. The molecule has 0 bridgehead atoms. The maximum absolute atomic E-state index is 8.88. The molecule has 0 radical (unpaired) electrons. The molecule has 82 valence electrons. The zero-order chi connectivity index (χ0) is 11.4. The Morgan fingerprint density at radius 1 is 1.53 bits per heavy atom. The van der Waals surface area contributed by atoms with Crippen LogP contribution in [0.2, 0.25) is 0 Å². The lowest BCUT2D eigenvalue weighted by molar-refractivity contribution is 0.304. The van der Waals surface area contributed by atoms with Crippen molar-refractivity contribution in [1.29, 1.82) is 0 Å². The molecule has 0 saturated heterocycles. The van der Waals surface area contributed by atoms with Gasteiger partial charge < -0.3 is 15.7 Å². The molecule has 3 N–H and O–H groups in total. The number of nitrogens with zero attached hydrogens (tertiary/aromatic N) is 1. The van der Waals surface area contributed by atoms with E-state index in [4.69, 9.17) is 23.1 Å². The van der Waals surface area contributed by atoms with Crippen molar-refractivity contribution in [2.24, 2.45) is 5.73 Å². The lowest BCUT2D eigenvalue weighted by atomic mass is 10.1. The lowest BCUT2D eigenvalue weighted by Crippen LogP contribution is -2.24. The molecule has 1 aromatic rings. The number of anilines is 1. The van der Waals surface area contributed by atoms with Gasteiger partial charge in [-0.1, -0.05) is 23.8 Å². The zero-order valence-electron chi connectivity index (χ0n) is 9.03. The molecule has 0 atom stereocenters. The van der Waals surface area contributed by atoms with E-state index in [-0.39, 0.29) is 6.61 Å². The normalized spacial score (nSPS) is 10.1. The minimum Gasteiger partial charge on any atom is -0.395 e. The van der Waals surface area contributed by atoms with E-state index < -0.39 is 0 Å². The first-order valence-corrected chi connectivity index (χ1v) is 5.19. The van der Waals surface area contributed by atoms with Crippen molar-refractivity contribution in [2.45, 2.75) is 6.92 Å². The molecule has 15 heavy (non-hydrogen) atoms. The van der Waals surface area contributed by atoms with Crippen LogP contribution in [-0.2, 0) is 0 Å². The SMILES string of the molecule is Cc1ccc(N(C)CCO)c(C(N)=S)c1. The largest absolute Gasteiger partial charge is 0.395 e. The second-order valence-corrected chi connectivity index (χ2v) is 3.97. The number of thiocarbonyl (C=S) groups is 1. The Balaban J connectivity index is 3.10. The van der Waals surface area contributed by atoms with Crippen molar-refractivity contribution >= 4 is 22.9 Å². The standard InChI is InChI=1S/C11H16N2OS/c1-8-3-4-10(13(2)5-6-14)9(7-8)11(12)15/h3-4,7,14H,5-6H2,1-2H3,(H2,12,15). The highest BCUT2D eigenvalue weighted by molar-refractivity contribution is 7.80. The second-order valence-electron chi connectivity index (χ2n) is 3.53. The fraction of sp³-hybridized carbons (Fsp3) is 0.364. The van der Waals surface area contributed by atoms with E-state index >= 15 is 0 Å². The van der Waals surface area contributed by atoms with Crippen molar-refractivity contribution in [3.63, 3.8) is 0 Å². The van der Waals surface area contributed by atoms with Gasteiger partial charge >= 0.3 is 0 Å². The summed E-state index contributed by atoms with van der Waals surface area (Å²) in [6, 6.07) is 5.94. The van der Waals surface area contributed by atoms with Crippen molar-refractivity contribution in [3.8, 4) is 0 Å². The van der Waals surface area contributed by atoms with Crippen LogP contribution in [0.3, 0.4) is 0 Å². The molecule has 0 fully saturated rings. The van der Waals surface area contributed by atoms with Crippen LogP contribution in [-0.4, -0.2) is 30.3 Å². The van der Waals surface area contributed by atoms with Crippen molar-refractivity contribution in [2.75, 3.05) is 25.1 Å². The summed E-state index contributed by atoms with van der Waals surface area (Å²) in [5.41, 5.74) is 8.61. The number of rotatable bonds is 4. The minimum absolute atomic E-state index is 0.112. The number of nitrogens with two attached hydrogens (primary N) is 1. The molecular formula is C11H16N2OS. The van der Waals surface area contributed by atoms with E-state index in [1.807, 2.05) is 37.1 Å². The highest BCUT2D eigenvalue weighted by atomic mass is 32.1. The van der Waals surface area contributed by atoms with E-state index in [0.717, 1.165) is 16.8 Å². The first-order valence-electron chi connectivity index (χ1n) is 4.78. The third-order valence-corrected chi connectivity index (χ3v) is 2.48. The van der Waals surface area contributed by atoms with E-state index in [1.54, 1.807) is 0 Å². The summed E-state index contributed by atoms with van der Waals surface area (Å²) in [6.07, 6.45) is 0. The van der Waals surface area contributed by atoms with Crippen LogP contribution < -0.4 is 10.6 Å². The summed E-state index contributed by atoms with van der Waals surface area (Å²) in [6.45, 7) is 2.68. The van der Waals surface area contributed by atoms with Crippen LogP contribution in [0.5, 0.6) is 0 Å². The second kappa shape index (κ2) is 5.09. The van der Waals surface area contributed by atoms with Gasteiger partial charge in [0.2, 0.25) is 0 Å². The molecule has 0 spiro atoms. The predicted molar refractivity (Wildman–Crippen MR) is 67.4 cm³/mol. The van der Waals surface area contributed by atoms with Crippen LogP contribution in [0.15, 0.2) is 18.2 Å². The molecule has 0 unspecified atom stereocenters. The molecule has 1 aromatic carbocycles. The molecule has 0 saturated carbocycles. The average Bonchev–Trinajstić information content (AvgIpc) is 2.17. The van der Waals surface area contributed by atoms with E-state index in [1.165, 1.54) is 0 Å². The number of hydrogen-bond donors (Lipinski definition) is 2. The summed E-state index contributed by atoms with van der Waals surface area (Å²) in [7, 11) is 1.91. The Bertz CT molecular complexity index is 366. The smallest absolute Gasteiger partial charge is 0.106 e. The summed E-state index contributed by atoms with van der Waals surface area (Å²) < 4.78 is 0. The molecule has 0 aliphatic heterocycles. The summed E-state index contributed by atoms with van der Waals surface area (Å²) >= 11 is 5.00. The Kier molecular flexibility index (Phi) is 4.05.